The van der Waals surface area contributed by atoms with Crippen molar-refractivity contribution >= 4 is 22.7 Å². The number of fused-ring (bicyclic) bond motifs is 1. The van der Waals surface area contributed by atoms with Crippen molar-refractivity contribution in [3.8, 4) is 5.75 Å². The van der Waals surface area contributed by atoms with Crippen molar-refractivity contribution in [2.24, 2.45) is 5.92 Å². The average molecular weight is 426 g/mol. The summed E-state index contributed by atoms with van der Waals surface area (Å²) in [5.41, 5.74) is 1.95. The molecule has 164 valence electrons. The summed E-state index contributed by atoms with van der Waals surface area (Å²) in [7, 11) is 1.68. The number of benzene rings is 2. The molecule has 0 bridgehead atoms. The maximum Gasteiger partial charge on any atom is 0.245 e. The van der Waals surface area contributed by atoms with Crippen LogP contribution in [-0.2, 0) is 16.0 Å². The molecule has 6 nitrogen and oxygen atoms in total. The van der Waals surface area contributed by atoms with Crippen LogP contribution in [0.3, 0.4) is 0 Å². The van der Waals surface area contributed by atoms with Gasteiger partial charge in [0, 0.05) is 36.5 Å². The van der Waals surface area contributed by atoms with Crippen LogP contribution >= 0.6 is 0 Å². The third kappa shape index (κ3) is 5.84. The van der Waals surface area contributed by atoms with Crippen LogP contribution in [0.5, 0.6) is 5.75 Å². The van der Waals surface area contributed by atoms with Gasteiger partial charge in [-0.2, -0.15) is 0 Å². The number of hydrogen-bond donors (Lipinski definition) is 2. The molecule has 0 radical (unpaired) electrons. The summed E-state index contributed by atoms with van der Waals surface area (Å²) in [6.45, 7) is 4.18. The molecule has 2 aromatic carbocycles. The normalized spacial score (nSPS) is 12.0. The van der Waals surface area contributed by atoms with E-state index >= 15 is 0 Å². The maximum absolute atomic E-state index is 13.1. The quantitative estimate of drug-likeness (QED) is 0.551. The summed E-state index contributed by atoms with van der Waals surface area (Å²) in [6.07, 6.45) is 2.26. The zero-order chi connectivity index (χ0) is 22.4. The number of nitrogens with zero attached hydrogens (tertiary/aromatic N) is 1. The Morgan fingerprint density at radius 2 is 1.84 bits per heavy atom. The summed E-state index contributed by atoms with van der Waals surface area (Å²) in [6, 6.07) is 12.9. The number of hydrogen-bond acceptors (Lipinski definition) is 3. The van der Waals surface area contributed by atoms with Gasteiger partial charge in [-0.3, -0.25) is 9.59 Å². The molecular formula is C24H28FN3O3. The van der Waals surface area contributed by atoms with Gasteiger partial charge in [0.1, 0.15) is 24.2 Å². The van der Waals surface area contributed by atoms with Gasteiger partial charge in [-0.1, -0.05) is 32.0 Å². The predicted octanol–water partition coefficient (Wildman–Crippen LogP) is 3.53. The van der Waals surface area contributed by atoms with Crippen LogP contribution in [0, 0.1) is 11.7 Å². The van der Waals surface area contributed by atoms with Crippen molar-refractivity contribution in [3.63, 3.8) is 0 Å². The molecule has 1 heterocycles. The Morgan fingerprint density at radius 1 is 1.13 bits per heavy atom. The lowest BCUT2D eigenvalue weighted by molar-refractivity contribution is -0.136. The topological polar surface area (TPSA) is 74.4 Å². The first-order valence-corrected chi connectivity index (χ1v) is 10.3. The summed E-state index contributed by atoms with van der Waals surface area (Å²) in [5.74, 6) is -0.395. The molecular weight excluding hydrogens is 397 g/mol. The van der Waals surface area contributed by atoms with Crippen LogP contribution in [0.2, 0.25) is 0 Å². The Hall–Kier alpha value is -3.35. The van der Waals surface area contributed by atoms with Crippen molar-refractivity contribution in [2.75, 3.05) is 20.2 Å². The molecule has 3 aromatic rings. The van der Waals surface area contributed by atoms with Gasteiger partial charge in [0.05, 0.1) is 6.54 Å². The Bertz CT molecular complexity index is 1030. The zero-order valence-electron chi connectivity index (χ0n) is 18.0. The highest BCUT2D eigenvalue weighted by Crippen LogP contribution is 2.20. The van der Waals surface area contributed by atoms with Crippen LogP contribution < -0.4 is 10.1 Å². The monoisotopic (exact) mass is 425 g/mol. The van der Waals surface area contributed by atoms with Crippen LogP contribution in [-0.4, -0.2) is 47.9 Å². The predicted molar refractivity (Wildman–Crippen MR) is 118 cm³/mol. The Balaban J connectivity index is 1.67. The zero-order valence-corrected chi connectivity index (χ0v) is 18.0. The number of aromatic amines is 1. The largest absolute Gasteiger partial charge is 0.492 e. The number of likely N-dealkylation sites (N-methyl/N-ethyl adjacent to an activating group) is 1. The van der Waals surface area contributed by atoms with Crippen LogP contribution in [0.1, 0.15) is 19.4 Å². The Labute approximate surface area is 181 Å². The third-order valence-corrected chi connectivity index (χ3v) is 5.12. The molecule has 0 aliphatic rings. The number of carbonyl (C=O) groups excluding carboxylic acids is 2. The Kier molecular flexibility index (Phi) is 7.28. The number of amides is 2. The molecule has 1 atom stereocenters. The Morgan fingerprint density at radius 3 is 2.55 bits per heavy atom. The van der Waals surface area contributed by atoms with E-state index in [2.05, 4.69) is 10.3 Å². The van der Waals surface area contributed by atoms with Gasteiger partial charge >= 0.3 is 0 Å². The molecule has 0 aliphatic carbocycles. The molecule has 7 heteroatoms. The number of ether oxygens (including phenoxy) is 1. The summed E-state index contributed by atoms with van der Waals surface area (Å²) < 4.78 is 18.6. The number of carbonyl (C=O) groups is 2. The van der Waals surface area contributed by atoms with Crippen molar-refractivity contribution in [3.05, 3.63) is 66.1 Å². The van der Waals surface area contributed by atoms with E-state index in [0.29, 0.717) is 18.7 Å². The van der Waals surface area contributed by atoms with Gasteiger partial charge < -0.3 is 19.9 Å². The third-order valence-electron chi connectivity index (χ3n) is 5.12. The van der Waals surface area contributed by atoms with Crippen LogP contribution in [0.4, 0.5) is 4.39 Å². The lowest BCUT2D eigenvalue weighted by atomic mass is 10.0. The highest BCUT2D eigenvalue weighted by molar-refractivity contribution is 5.90. The molecule has 0 saturated heterocycles. The van der Waals surface area contributed by atoms with E-state index in [1.807, 2.05) is 30.5 Å². The molecule has 2 N–H and O–H groups in total. The van der Waals surface area contributed by atoms with Crippen LogP contribution in [0.15, 0.2) is 54.7 Å². The van der Waals surface area contributed by atoms with E-state index in [1.54, 1.807) is 37.9 Å². The number of aromatic nitrogens is 1. The van der Waals surface area contributed by atoms with Gasteiger partial charge in [-0.25, -0.2) is 4.39 Å². The number of rotatable bonds is 9. The van der Waals surface area contributed by atoms with Gasteiger partial charge in [0.2, 0.25) is 11.8 Å². The fourth-order valence-electron chi connectivity index (χ4n) is 3.27. The van der Waals surface area contributed by atoms with Crippen molar-refractivity contribution in [1.82, 2.24) is 15.2 Å². The minimum absolute atomic E-state index is 0.172. The summed E-state index contributed by atoms with van der Waals surface area (Å²) in [4.78, 5) is 30.3. The molecule has 31 heavy (non-hydrogen) atoms. The van der Waals surface area contributed by atoms with E-state index in [-0.39, 0.29) is 30.2 Å². The van der Waals surface area contributed by atoms with Gasteiger partial charge in [-0.15, -0.1) is 0 Å². The molecule has 3 rings (SSSR count). The lowest BCUT2D eigenvalue weighted by Crippen LogP contribution is -2.50. The van der Waals surface area contributed by atoms with Gasteiger partial charge in [-0.05, 0) is 35.9 Å². The lowest BCUT2D eigenvalue weighted by Gasteiger charge is -2.25. The van der Waals surface area contributed by atoms with Crippen molar-refractivity contribution in [1.29, 1.82) is 0 Å². The first-order chi connectivity index (χ1) is 14.8. The molecule has 0 spiro atoms. The first kappa shape index (κ1) is 22.3. The number of halogens is 1. The van der Waals surface area contributed by atoms with E-state index in [4.69, 9.17) is 4.74 Å². The molecule has 1 aromatic heterocycles. The molecule has 0 fully saturated rings. The van der Waals surface area contributed by atoms with Crippen molar-refractivity contribution < 1.29 is 18.7 Å². The fraction of sp³-hybridized carbons (Fsp3) is 0.333. The van der Waals surface area contributed by atoms with E-state index < -0.39 is 6.04 Å². The van der Waals surface area contributed by atoms with Gasteiger partial charge in [0.15, 0.2) is 0 Å². The van der Waals surface area contributed by atoms with Gasteiger partial charge in [0.25, 0.3) is 0 Å². The second-order valence-electron chi connectivity index (χ2n) is 7.84. The second kappa shape index (κ2) is 10.1. The van der Waals surface area contributed by atoms with E-state index in [0.717, 1.165) is 16.5 Å². The summed E-state index contributed by atoms with van der Waals surface area (Å²) in [5, 5.41) is 3.92. The number of para-hydroxylation sites is 1. The highest BCUT2D eigenvalue weighted by Gasteiger charge is 2.26. The SMILES string of the molecule is CC(C)C(=O)NC(Cc1c[nH]c2ccccc12)C(=O)N(C)CCOc1ccc(F)cc1. The molecule has 2 amide bonds. The minimum atomic E-state index is -0.690. The summed E-state index contributed by atoms with van der Waals surface area (Å²) >= 11 is 0. The van der Waals surface area contributed by atoms with Crippen LogP contribution in [0.25, 0.3) is 10.9 Å². The molecule has 0 aliphatic heterocycles. The van der Waals surface area contributed by atoms with Crippen molar-refractivity contribution in [2.45, 2.75) is 26.3 Å². The van der Waals surface area contributed by atoms with E-state index in [1.165, 1.54) is 12.1 Å². The fourth-order valence-corrected chi connectivity index (χ4v) is 3.27. The highest BCUT2D eigenvalue weighted by atomic mass is 19.1. The van der Waals surface area contributed by atoms with E-state index in [9.17, 15) is 14.0 Å². The standard InChI is InChI=1S/C24H28FN3O3/c1-16(2)23(29)27-22(14-17-15-26-21-7-5-4-6-20(17)21)24(30)28(3)12-13-31-19-10-8-18(25)9-11-19/h4-11,15-16,22,26H,12-14H2,1-3H3,(H,27,29). The first-order valence-electron chi connectivity index (χ1n) is 10.3. The molecule has 1 unspecified atom stereocenters. The smallest absolute Gasteiger partial charge is 0.245 e. The average Bonchev–Trinajstić information content (AvgIpc) is 3.16. The second-order valence-corrected chi connectivity index (χ2v) is 7.84. The molecule has 0 saturated carbocycles. The minimum Gasteiger partial charge on any atom is -0.492 e. The number of H-pyrrole nitrogens is 1. The maximum atomic E-state index is 13.1. The number of nitrogens with one attached hydrogen (secondary N) is 2.